The van der Waals surface area contributed by atoms with E-state index in [0.29, 0.717) is 0 Å². The zero-order valence-electron chi connectivity index (χ0n) is 11.9. The fourth-order valence-corrected chi connectivity index (χ4v) is 3.36. The highest BCUT2D eigenvalue weighted by Crippen LogP contribution is 2.29. The van der Waals surface area contributed by atoms with Crippen LogP contribution in [0.1, 0.15) is 18.1 Å². The summed E-state index contributed by atoms with van der Waals surface area (Å²) in [5, 5.41) is 0.0307. The first-order valence-corrected chi connectivity index (χ1v) is 8.18. The predicted octanol–water partition coefficient (Wildman–Crippen LogP) is 1.22. The standard InChI is InChI=1S/C14H17N3O3S/c1-10-5-12-6-11(3-4-13(12)20-10)7-16-21(18,19)14-8-17(2)9-15-14/h3-4,6,8-10,16H,5,7H2,1-2H3/t10-/m0/s1. The molecule has 0 bridgehead atoms. The van der Waals surface area contributed by atoms with Gasteiger partial charge in [0, 0.05) is 26.2 Å². The molecular formula is C14H17N3O3S. The fourth-order valence-electron chi connectivity index (χ4n) is 2.37. The smallest absolute Gasteiger partial charge is 0.259 e. The number of rotatable bonds is 4. The summed E-state index contributed by atoms with van der Waals surface area (Å²) in [6, 6.07) is 5.75. The van der Waals surface area contributed by atoms with Crippen LogP contribution < -0.4 is 9.46 Å². The van der Waals surface area contributed by atoms with E-state index in [1.165, 1.54) is 12.5 Å². The summed E-state index contributed by atoms with van der Waals surface area (Å²) >= 11 is 0. The molecule has 0 unspecified atom stereocenters. The number of aryl methyl sites for hydroxylation is 1. The lowest BCUT2D eigenvalue weighted by molar-refractivity contribution is 0.254. The highest BCUT2D eigenvalue weighted by Gasteiger charge is 2.20. The average Bonchev–Trinajstić information content (AvgIpc) is 3.01. The lowest BCUT2D eigenvalue weighted by atomic mass is 10.1. The number of sulfonamides is 1. The molecule has 2 heterocycles. The maximum absolute atomic E-state index is 12.1. The third-order valence-electron chi connectivity index (χ3n) is 3.38. The maximum Gasteiger partial charge on any atom is 0.259 e. The highest BCUT2D eigenvalue weighted by atomic mass is 32.2. The largest absolute Gasteiger partial charge is 0.490 e. The van der Waals surface area contributed by atoms with Gasteiger partial charge in [-0.2, -0.15) is 0 Å². The summed E-state index contributed by atoms with van der Waals surface area (Å²) in [6.45, 7) is 2.25. The molecule has 1 aliphatic rings. The van der Waals surface area contributed by atoms with Crippen LogP contribution in [-0.2, 0) is 30.0 Å². The van der Waals surface area contributed by atoms with Crippen molar-refractivity contribution in [2.75, 3.05) is 0 Å². The Morgan fingerprint density at radius 3 is 3.00 bits per heavy atom. The van der Waals surface area contributed by atoms with E-state index in [9.17, 15) is 8.42 Å². The van der Waals surface area contributed by atoms with Gasteiger partial charge in [0.1, 0.15) is 11.9 Å². The Bertz CT molecular complexity index is 768. The molecule has 21 heavy (non-hydrogen) atoms. The predicted molar refractivity (Wildman–Crippen MR) is 77.5 cm³/mol. The van der Waals surface area contributed by atoms with Gasteiger partial charge in [-0.05, 0) is 24.1 Å². The number of imidazole rings is 1. The van der Waals surface area contributed by atoms with Gasteiger partial charge in [-0.1, -0.05) is 12.1 Å². The molecule has 6 nitrogen and oxygen atoms in total. The zero-order valence-corrected chi connectivity index (χ0v) is 12.7. The number of aromatic nitrogens is 2. The molecular weight excluding hydrogens is 290 g/mol. The van der Waals surface area contributed by atoms with Crippen molar-refractivity contribution in [3.05, 3.63) is 41.9 Å². The molecule has 0 amide bonds. The molecule has 1 aromatic heterocycles. The van der Waals surface area contributed by atoms with Crippen LogP contribution in [-0.4, -0.2) is 24.1 Å². The van der Waals surface area contributed by atoms with Crippen molar-refractivity contribution in [2.24, 2.45) is 7.05 Å². The van der Waals surface area contributed by atoms with Gasteiger partial charge in [0.15, 0.2) is 5.03 Å². The van der Waals surface area contributed by atoms with Gasteiger partial charge in [-0.15, -0.1) is 0 Å². The van der Waals surface area contributed by atoms with Crippen LogP contribution in [0.4, 0.5) is 0 Å². The van der Waals surface area contributed by atoms with E-state index in [0.717, 1.165) is 23.3 Å². The molecule has 0 saturated carbocycles. The molecule has 1 N–H and O–H groups in total. The van der Waals surface area contributed by atoms with Crippen molar-refractivity contribution in [3.63, 3.8) is 0 Å². The van der Waals surface area contributed by atoms with Crippen LogP contribution in [0, 0.1) is 0 Å². The Morgan fingerprint density at radius 1 is 1.48 bits per heavy atom. The van der Waals surface area contributed by atoms with Crippen molar-refractivity contribution in [3.8, 4) is 5.75 Å². The van der Waals surface area contributed by atoms with Crippen LogP contribution in [0.2, 0.25) is 0 Å². The normalized spacial score (nSPS) is 17.5. The van der Waals surface area contributed by atoms with E-state index in [-0.39, 0.29) is 17.7 Å². The Morgan fingerprint density at radius 2 is 2.29 bits per heavy atom. The lowest BCUT2D eigenvalue weighted by Crippen LogP contribution is -2.23. The van der Waals surface area contributed by atoms with Crippen LogP contribution in [0.15, 0.2) is 35.7 Å². The fraction of sp³-hybridized carbons (Fsp3) is 0.357. The van der Waals surface area contributed by atoms with Crippen LogP contribution in [0.5, 0.6) is 5.75 Å². The van der Waals surface area contributed by atoms with Gasteiger partial charge >= 0.3 is 0 Å². The molecule has 3 rings (SSSR count). The molecule has 0 fully saturated rings. The molecule has 1 aromatic carbocycles. The number of benzene rings is 1. The highest BCUT2D eigenvalue weighted by molar-refractivity contribution is 7.89. The molecule has 0 saturated heterocycles. The van der Waals surface area contributed by atoms with Gasteiger partial charge in [-0.25, -0.2) is 18.1 Å². The van der Waals surface area contributed by atoms with Crippen molar-refractivity contribution in [1.29, 1.82) is 0 Å². The maximum atomic E-state index is 12.1. The Hall–Kier alpha value is -1.86. The first-order chi connectivity index (χ1) is 9.94. The van der Waals surface area contributed by atoms with Gasteiger partial charge in [0.2, 0.25) is 0 Å². The lowest BCUT2D eigenvalue weighted by Gasteiger charge is -2.06. The van der Waals surface area contributed by atoms with E-state index in [2.05, 4.69) is 9.71 Å². The van der Waals surface area contributed by atoms with Crippen molar-refractivity contribution in [1.82, 2.24) is 14.3 Å². The number of hydrogen-bond donors (Lipinski definition) is 1. The van der Waals surface area contributed by atoms with E-state index in [1.807, 2.05) is 25.1 Å². The summed E-state index contributed by atoms with van der Waals surface area (Å²) in [6.07, 6.45) is 3.97. The van der Waals surface area contributed by atoms with Crippen molar-refractivity contribution in [2.45, 2.75) is 31.0 Å². The zero-order chi connectivity index (χ0) is 15.0. The Labute approximate surface area is 123 Å². The quantitative estimate of drug-likeness (QED) is 0.922. The number of hydrogen-bond acceptors (Lipinski definition) is 4. The van der Waals surface area contributed by atoms with Gasteiger partial charge in [0.25, 0.3) is 10.0 Å². The van der Waals surface area contributed by atoms with Gasteiger partial charge in [0.05, 0.1) is 6.33 Å². The van der Waals surface area contributed by atoms with Gasteiger partial charge in [-0.3, -0.25) is 0 Å². The van der Waals surface area contributed by atoms with E-state index >= 15 is 0 Å². The topological polar surface area (TPSA) is 73.2 Å². The minimum atomic E-state index is -3.58. The molecule has 112 valence electrons. The molecule has 1 aliphatic heterocycles. The third-order valence-corrected chi connectivity index (χ3v) is 4.67. The average molecular weight is 307 g/mol. The van der Waals surface area contributed by atoms with E-state index in [4.69, 9.17) is 4.74 Å². The molecule has 0 radical (unpaired) electrons. The van der Waals surface area contributed by atoms with E-state index < -0.39 is 10.0 Å². The first-order valence-electron chi connectivity index (χ1n) is 6.70. The van der Waals surface area contributed by atoms with Crippen molar-refractivity contribution < 1.29 is 13.2 Å². The summed E-state index contributed by atoms with van der Waals surface area (Å²) < 4.78 is 34.0. The Balaban J connectivity index is 1.72. The summed E-state index contributed by atoms with van der Waals surface area (Å²) in [4.78, 5) is 3.86. The second-order valence-electron chi connectivity index (χ2n) is 5.28. The second-order valence-corrected chi connectivity index (χ2v) is 6.99. The van der Waals surface area contributed by atoms with Crippen LogP contribution >= 0.6 is 0 Å². The van der Waals surface area contributed by atoms with Gasteiger partial charge < -0.3 is 9.30 Å². The molecule has 0 aliphatic carbocycles. The third kappa shape index (κ3) is 2.93. The number of fused-ring (bicyclic) bond motifs is 1. The first kappa shape index (κ1) is 14.1. The van der Waals surface area contributed by atoms with Crippen LogP contribution in [0.3, 0.4) is 0 Å². The monoisotopic (exact) mass is 307 g/mol. The molecule has 2 aromatic rings. The SMILES string of the molecule is C[C@H]1Cc2cc(CNS(=O)(=O)c3cn(C)cn3)ccc2O1. The number of nitrogens with one attached hydrogen (secondary N) is 1. The minimum absolute atomic E-state index is 0.0307. The molecule has 7 heteroatoms. The molecule has 0 spiro atoms. The van der Waals surface area contributed by atoms with Crippen molar-refractivity contribution >= 4 is 10.0 Å². The molecule has 1 atom stereocenters. The number of nitrogens with zero attached hydrogens (tertiary/aromatic N) is 2. The van der Waals surface area contributed by atoms with Crippen LogP contribution in [0.25, 0.3) is 0 Å². The second kappa shape index (κ2) is 5.16. The minimum Gasteiger partial charge on any atom is -0.490 e. The Kier molecular flexibility index (Phi) is 3.46. The number of ether oxygens (including phenoxy) is 1. The summed E-state index contributed by atoms with van der Waals surface area (Å²) in [7, 11) is -1.85. The van der Waals surface area contributed by atoms with E-state index in [1.54, 1.807) is 11.6 Å². The summed E-state index contributed by atoms with van der Waals surface area (Å²) in [5.74, 6) is 0.888. The summed E-state index contributed by atoms with van der Waals surface area (Å²) in [5.41, 5.74) is 2.03.